The average molecular weight is 299 g/mol. The number of hydrogen-bond donors (Lipinski definition) is 1. The molecule has 4 heteroatoms. The molecule has 0 unspecified atom stereocenters. The average Bonchev–Trinajstić information content (AvgIpc) is 2.41. The van der Waals surface area contributed by atoms with Crippen molar-refractivity contribution in [2.75, 3.05) is 38.3 Å². The SMILES string of the molecule is CCNCc1ccc(N(CCOC)CC(C)C)cc1Cl. The summed E-state index contributed by atoms with van der Waals surface area (Å²) in [5.74, 6) is 0.604. The molecule has 0 aliphatic heterocycles. The van der Waals surface area contributed by atoms with Gasteiger partial charge in [0.05, 0.1) is 6.61 Å². The van der Waals surface area contributed by atoms with Crippen LogP contribution in [0, 0.1) is 5.92 Å². The Hall–Kier alpha value is -0.770. The van der Waals surface area contributed by atoms with Crippen molar-refractivity contribution in [3.05, 3.63) is 28.8 Å². The molecule has 0 aliphatic carbocycles. The number of rotatable bonds is 9. The van der Waals surface area contributed by atoms with E-state index in [4.69, 9.17) is 16.3 Å². The highest BCUT2D eigenvalue weighted by Crippen LogP contribution is 2.24. The minimum atomic E-state index is 0.604. The molecule has 0 aliphatic rings. The zero-order valence-electron chi connectivity index (χ0n) is 13.1. The maximum absolute atomic E-state index is 6.38. The van der Waals surface area contributed by atoms with Gasteiger partial charge >= 0.3 is 0 Å². The summed E-state index contributed by atoms with van der Waals surface area (Å²) in [6, 6.07) is 6.32. The fraction of sp³-hybridized carbons (Fsp3) is 0.625. The molecule has 0 heterocycles. The first-order valence-corrected chi connectivity index (χ1v) is 7.69. The number of methoxy groups -OCH3 is 1. The monoisotopic (exact) mass is 298 g/mol. The van der Waals surface area contributed by atoms with Gasteiger partial charge in [0, 0.05) is 37.5 Å². The van der Waals surface area contributed by atoms with E-state index in [1.807, 2.05) is 0 Å². The highest BCUT2D eigenvalue weighted by molar-refractivity contribution is 6.31. The normalized spacial score (nSPS) is 11.1. The van der Waals surface area contributed by atoms with Crippen molar-refractivity contribution in [2.24, 2.45) is 5.92 Å². The second-order valence-corrected chi connectivity index (χ2v) is 5.80. The van der Waals surface area contributed by atoms with E-state index in [2.05, 4.69) is 49.2 Å². The van der Waals surface area contributed by atoms with E-state index in [0.29, 0.717) is 5.92 Å². The van der Waals surface area contributed by atoms with Crippen LogP contribution in [0.1, 0.15) is 26.3 Å². The fourth-order valence-electron chi connectivity index (χ4n) is 2.10. The van der Waals surface area contributed by atoms with Gasteiger partial charge in [0.1, 0.15) is 0 Å². The highest BCUT2D eigenvalue weighted by atomic mass is 35.5. The molecule has 0 amide bonds. The van der Waals surface area contributed by atoms with Crippen LogP contribution in [0.4, 0.5) is 5.69 Å². The molecule has 1 aromatic rings. The maximum Gasteiger partial charge on any atom is 0.0637 e. The van der Waals surface area contributed by atoms with Gasteiger partial charge in [0.2, 0.25) is 0 Å². The van der Waals surface area contributed by atoms with Gasteiger partial charge in [-0.05, 0) is 30.2 Å². The van der Waals surface area contributed by atoms with Gasteiger partial charge in [-0.1, -0.05) is 38.4 Å². The number of benzene rings is 1. The Morgan fingerprint density at radius 3 is 2.65 bits per heavy atom. The van der Waals surface area contributed by atoms with Gasteiger partial charge < -0.3 is 15.0 Å². The Labute approximate surface area is 128 Å². The summed E-state index contributed by atoms with van der Waals surface area (Å²) in [7, 11) is 1.74. The van der Waals surface area contributed by atoms with Gasteiger partial charge in [-0.3, -0.25) is 0 Å². The van der Waals surface area contributed by atoms with Crippen molar-refractivity contribution in [1.82, 2.24) is 5.32 Å². The standard InChI is InChI=1S/C16H27ClN2O/c1-5-18-11-14-6-7-15(10-16(14)17)19(8-9-20-4)12-13(2)3/h6-7,10,13,18H,5,8-9,11-12H2,1-4H3. The third-order valence-electron chi connectivity index (χ3n) is 3.12. The first kappa shape index (κ1) is 17.3. The molecular formula is C16H27ClN2O. The number of hydrogen-bond acceptors (Lipinski definition) is 3. The number of anilines is 1. The summed E-state index contributed by atoms with van der Waals surface area (Å²) in [4.78, 5) is 2.33. The van der Waals surface area contributed by atoms with Gasteiger partial charge in [-0.25, -0.2) is 0 Å². The highest BCUT2D eigenvalue weighted by Gasteiger charge is 2.10. The van der Waals surface area contributed by atoms with Crippen molar-refractivity contribution in [3.8, 4) is 0 Å². The number of nitrogens with one attached hydrogen (secondary N) is 1. The van der Waals surface area contributed by atoms with Crippen LogP contribution in [0.5, 0.6) is 0 Å². The van der Waals surface area contributed by atoms with Gasteiger partial charge in [-0.2, -0.15) is 0 Å². The second-order valence-electron chi connectivity index (χ2n) is 5.39. The molecule has 0 saturated carbocycles. The molecule has 20 heavy (non-hydrogen) atoms. The van der Waals surface area contributed by atoms with Crippen LogP contribution in [0.15, 0.2) is 18.2 Å². The molecular weight excluding hydrogens is 272 g/mol. The first-order chi connectivity index (χ1) is 9.58. The van der Waals surface area contributed by atoms with Crippen LogP contribution < -0.4 is 10.2 Å². The van der Waals surface area contributed by atoms with E-state index in [0.717, 1.165) is 43.4 Å². The molecule has 114 valence electrons. The minimum absolute atomic E-state index is 0.604. The van der Waals surface area contributed by atoms with Crippen molar-refractivity contribution < 1.29 is 4.74 Å². The van der Waals surface area contributed by atoms with Crippen LogP contribution in [0.25, 0.3) is 0 Å². The summed E-state index contributed by atoms with van der Waals surface area (Å²) in [6.07, 6.45) is 0. The molecule has 0 aromatic heterocycles. The molecule has 1 aromatic carbocycles. The maximum atomic E-state index is 6.38. The van der Waals surface area contributed by atoms with Crippen molar-refractivity contribution in [1.29, 1.82) is 0 Å². The van der Waals surface area contributed by atoms with E-state index in [-0.39, 0.29) is 0 Å². The molecule has 0 radical (unpaired) electrons. The zero-order valence-corrected chi connectivity index (χ0v) is 13.8. The Bertz CT molecular complexity index is 396. The lowest BCUT2D eigenvalue weighted by atomic mass is 10.1. The smallest absolute Gasteiger partial charge is 0.0637 e. The molecule has 1 N–H and O–H groups in total. The number of ether oxygens (including phenoxy) is 1. The number of nitrogens with zero attached hydrogens (tertiary/aromatic N) is 1. The zero-order chi connectivity index (χ0) is 15.0. The Balaban J connectivity index is 2.82. The Kier molecular flexibility index (Phi) is 7.97. The van der Waals surface area contributed by atoms with Crippen LogP contribution in [0.2, 0.25) is 5.02 Å². The lowest BCUT2D eigenvalue weighted by Crippen LogP contribution is -2.31. The van der Waals surface area contributed by atoms with E-state index >= 15 is 0 Å². The third-order valence-corrected chi connectivity index (χ3v) is 3.47. The molecule has 3 nitrogen and oxygen atoms in total. The summed E-state index contributed by atoms with van der Waals surface area (Å²) < 4.78 is 5.20. The molecule has 1 rings (SSSR count). The second kappa shape index (κ2) is 9.22. The van der Waals surface area contributed by atoms with E-state index in [9.17, 15) is 0 Å². The first-order valence-electron chi connectivity index (χ1n) is 7.31. The largest absolute Gasteiger partial charge is 0.383 e. The summed E-state index contributed by atoms with van der Waals surface area (Å²) in [5.41, 5.74) is 2.31. The van der Waals surface area contributed by atoms with Gasteiger partial charge in [0.15, 0.2) is 0 Å². The van der Waals surface area contributed by atoms with Crippen molar-refractivity contribution in [2.45, 2.75) is 27.3 Å². The van der Waals surface area contributed by atoms with Crippen LogP contribution in [0.3, 0.4) is 0 Å². The van der Waals surface area contributed by atoms with Crippen LogP contribution in [-0.4, -0.2) is 33.4 Å². The quantitative estimate of drug-likeness (QED) is 0.754. The topological polar surface area (TPSA) is 24.5 Å². The Morgan fingerprint density at radius 1 is 1.35 bits per heavy atom. The molecule has 0 atom stereocenters. The molecule has 0 fully saturated rings. The summed E-state index contributed by atoms with van der Waals surface area (Å²) in [6.45, 7) is 10.9. The summed E-state index contributed by atoms with van der Waals surface area (Å²) >= 11 is 6.38. The van der Waals surface area contributed by atoms with Crippen LogP contribution >= 0.6 is 11.6 Å². The lowest BCUT2D eigenvalue weighted by molar-refractivity contribution is 0.204. The third kappa shape index (κ3) is 5.70. The predicted molar refractivity (Wildman–Crippen MR) is 87.8 cm³/mol. The van der Waals surface area contributed by atoms with Crippen molar-refractivity contribution in [3.63, 3.8) is 0 Å². The van der Waals surface area contributed by atoms with Crippen LogP contribution in [-0.2, 0) is 11.3 Å². The van der Waals surface area contributed by atoms with Gasteiger partial charge in [-0.15, -0.1) is 0 Å². The van der Waals surface area contributed by atoms with Crippen molar-refractivity contribution >= 4 is 17.3 Å². The molecule has 0 spiro atoms. The van der Waals surface area contributed by atoms with Gasteiger partial charge in [0.25, 0.3) is 0 Å². The molecule has 0 saturated heterocycles. The van der Waals surface area contributed by atoms with E-state index < -0.39 is 0 Å². The summed E-state index contributed by atoms with van der Waals surface area (Å²) in [5, 5.41) is 4.13. The minimum Gasteiger partial charge on any atom is -0.383 e. The lowest BCUT2D eigenvalue weighted by Gasteiger charge is -2.27. The van der Waals surface area contributed by atoms with E-state index in [1.54, 1.807) is 7.11 Å². The molecule has 0 bridgehead atoms. The fourth-order valence-corrected chi connectivity index (χ4v) is 2.35. The van der Waals surface area contributed by atoms with E-state index in [1.165, 1.54) is 5.69 Å². The predicted octanol–water partition coefficient (Wildman–Crippen LogP) is 3.56. The Morgan fingerprint density at radius 2 is 2.10 bits per heavy atom. The number of halogens is 1.